The van der Waals surface area contributed by atoms with Gasteiger partial charge in [0.15, 0.2) is 0 Å². The number of para-hydroxylation sites is 1. The van der Waals surface area contributed by atoms with Crippen LogP contribution in [0.25, 0.3) is 10.9 Å². The number of aromatic amines is 1. The number of aromatic nitrogens is 4. The highest BCUT2D eigenvalue weighted by atomic mass is 35.5. The van der Waals surface area contributed by atoms with Crippen LogP contribution in [0.2, 0.25) is 5.02 Å². The lowest BCUT2D eigenvalue weighted by atomic mass is 10.2. The zero-order chi connectivity index (χ0) is 13.9. The number of nitrogens with one attached hydrogen (secondary N) is 2. The quantitative estimate of drug-likeness (QED) is 0.759. The number of hydrogen-bond acceptors (Lipinski definition) is 3. The Morgan fingerprint density at radius 3 is 2.95 bits per heavy atom. The second-order valence-electron chi connectivity index (χ2n) is 4.60. The summed E-state index contributed by atoms with van der Waals surface area (Å²) in [6.07, 6.45) is 1.74. The van der Waals surface area contributed by atoms with Crippen molar-refractivity contribution in [3.63, 3.8) is 0 Å². The Morgan fingerprint density at radius 2 is 2.15 bits per heavy atom. The highest BCUT2D eigenvalue weighted by Crippen LogP contribution is 2.26. The lowest BCUT2D eigenvalue weighted by Crippen LogP contribution is -2.16. The van der Waals surface area contributed by atoms with Gasteiger partial charge in [-0.2, -0.15) is 0 Å². The van der Waals surface area contributed by atoms with Crippen LogP contribution < -0.4 is 5.32 Å². The van der Waals surface area contributed by atoms with E-state index in [1.807, 2.05) is 28.8 Å². The smallest absolute Gasteiger partial charge is 0.146 e. The lowest BCUT2D eigenvalue weighted by Gasteiger charge is -2.05. The molecular weight excluding hydrogens is 274 g/mol. The molecule has 2 N–H and O–H groups in total. The first kappa shape index (κ1) is 13.1. The Morgan fingerprint density at radius 1 is 1.30 bits per heavy atom. The Labute approximate surface area is 122 Å². The van der Waals surface area contributed by atoms with Crippen molar-refractivity contribution < 1.29 is 0 Å². The van der Waals surface area contributed by atoms with E-state index < -0.39 is 0 Å². The largest absolute Gasteiger partial charge is 0.356 e. The summed E-state index contributed by atoms with van der Waals surface area (Å²) in [6.45, 7) is 4.28. The SMILES string of the molecule is CCn1cnnc1CNCc1[nH]c2ccccc2c1Cl. The molecule has 0 saturated carbocycles. The third-order valence-electron chi connectivity index (χ3n) is 3.34. The summed E-state index contributed by atoms with van der Waals surface area (Å²) in [5.41, 5.74) is 2.06. The van der Waals surface area contributed by atoms with Crippen LogP contribution >= 0.6 is 11.6 Å². The molecule has 0 radical (unpaired) electrons. The predicted molar refractivity (Wildman–Crippen MR) is 79.5 cm³/mol. The molecule has 3 aromatic rings. The number of benzene rings is 1. The first-order chi connectivity index (χ1) is 9.79. The molecule has 20 heavy (non-hydrogen) atoms. The van der Waals surface area contributed by atoms with Crippen molar-refractivity contribution in [2.45, 2.75) is 26.6 Å². The fourth-order valence-electron chi connectivity index (χ4n) is 2.26. The first-order valence-corrected chi connectivity index (χ1v) is 7.00. The van der Waals surface area contributed by atoms with Gasteiger partial charge < -0.3 is 14.9 Å². The fourth-order valence-corrected chi connectivity index (χ4v) is 2.54. The molecule has 0 aliphatic rings. The molecule has 0 aliphatic carbocycles. The van der Waals surface area contributed by atoms with E-state index in [4.69, 9.17) is 11.6 Å². The number of rotatable bonds is 5. The van der Waals surface area contributed by atoms with Crippen LogP contribution in [0, 0.1) is 0 Å². The molecule has 0 amide bonds. The maximum atomic E-state index is 6.37. The van der Waals surface area contributed by atoms with Gasteiger partial charge in [-0.3, -0.25) is 0 Å². The van der Waals surface area contributed by atoms with Crippen molar-refractivity contribution in [2.24, 2.45) is 0 Å². The number of H-pyrrole nitrogens is 1. The van der Waals surface area contributed by atoms with Crippen LogP contribution in [0.4, 0.5) is 0 Å². The maximum absolute atomic E-state index is 6.37. The van der Waals surface area contributed by atoms with Crippen LogP contribution in [0.5, 0.6) is 0 Å². The summed E-state index contributed by atoms with van der Waals surface area (Å²) in [4.78, 5) is 3.34. The van der Waals surface area contributed by atoms with E-state index in [1.165, 1.54) is 0 Å². The van der Waals surface area contributed by atoms with Crippen molar-refractivity contribution in [3.8, 4) is 0 Å². The molecule has 2 aromatic heterocycles. The van der Waals surface area contributed by atoms with Gasteiger partial charge in [0.05, 0.1) is 11.6 Å². The fraction of sp³-hybridized carbons (Fsp3) is 0.286. The molecule has 104 valence electrons. The zero-order valence-electron chi connectivity index (χ0n) is 11.2. The molecule has 1 aromatic carbocycles. The summed E-state index contributed by atoms with van der Waals surface area (Å²) >= 11 is 6.37. The van der Waals surface area contributed by atoms with Gasteiger partial charge in [0.2, 0.25) is 0 Å². The van der Waals surface area contributed by atoms with Crippen LogP contribution in [-0.2, 0) is 19.6 Å². The second-order valence-corrected chi connectivity index (χ2v) is 4.98. The molecule has 0 spiro atoms. The third kappa shape index (κ3) is 2.42. The molecule has 6 heteroatoms. The summed E-state index contributed by atoms with van der Waals surface area (Å²) < 4.78 is 2.01. The molecule has 2 heterocycles. The van der Waals surface area contributed by atoms with Gasteiger partial charge in [-0.05, 0) is 13.0 Å². The van der Waals surface area contributed by atoms with E-state index in [1.54, 1.807) is 6.33 Å². The van der Waals surface area contributed by atoms with Crippen LogP contribution in [-0.4, -0.2) is 19.7 Å². The minimum absolute atomic E-state index is 0.666. The number of fused-ring (bicyclic) bond motifs is 1. The monoisotopic (exact) mass is 289 g/mol. The topological polar surface area (TPSA) is 58.5 Å². The molecule has 0 atom stereocenters. The van der Waals surface area contributed by atoms with Gasteiger partial charge in [-0.15, -0.1) is 10.2 Å². The normalized spacial score (nSPS) is 11.3. The number of nitrogens with zero attached hydrogens (tertiary/aromatic N) is 3. The molecule has 0 unspecified atom stereocenters. The molecule has 3 rings (SSSR count). The number of halogens is 1. The van der Waals surface area contributed by atoms with Crippen molar-refractivity contribution in [1.29, 1.82) is 0 Å². The summed E-state index contributed by atoms with van der Waals surface area (Å²) in [7, 11) is 0. The zero-order valence-corrected chi connectivity index (χ0v) is 12.0. The number of hydrogen-bond donors (Lipinski definition) is 2. The Bertz CT molecular complexity index is 715. The minimum Gasteiger partial charge on any atom is -0.356 e. The van der Waals surface area contributed by atoms with Gasteiger partial charge in [-0.25, -0.2) is 0 Å². The van der Waals surface area contributed by atoms with Crippen molar-refractivity contribution in [1.82, 2.24) is 25.1 Å². The van der Waals surface area contributed by atoms with E-state index in [-0.39, 0.29) is 0 Å². The van der Waals surface area contributed by atoms with Crippen LogP contribution in [0.1, 0.15) is 18.4 Å². The Hall–Kier alpha value is -1.85. The average molecular weight is 290 g/mol. The van der Waals surface area contributed by atoms with Gasteiger partial charge in [0.1, 0.15) is 12.2 Å². The van der Waals surface area contributed by atoms with E-state index in [9.17, 15) is 0 Å². The van der Waals surface area contributed by atoms with Crippen molar-refractivity contribution >= 4 is 22.5 Å². The van der Waals surface area contributed by atoms with Crippen LogP contribution in [0.3, 0.4) is 0 Å². The van der Waals surface area contributed by atoms with Gasteiger partial charge in [-0.1, -0.05) is 29.8 Å². The average Bonchev–Trinajstić information content (AvgIpc) is 3.05. The van der Waals surface area contributed by atoms with E-state index in [2.05, 4.69) is 27.4 Å². The second kappa shape index (κ2) is 5.64. The third-order valence-corrected chi connectivity index (χ3v) is 3.77. The molecule has 0 saturated heterocycles. The van der Waals surface area contributed by atoms with Gasteiger partial charge >= 0.3 is 0 Å². The van der Waals surface area contributed by atoms with E-state index in [0.29, 0.717) is 13.1 Å². The van der Waals surface area contributed by atoms with Crippen LogP contribution in [0.15, 0.2) is 30.6 Å². The molecule has 0 bridgehead atoms. The molecular formula is C14H16ClN5. The molecule has 5 nitrogen and oxygen atoms in total. The Kier molecular flexibility index (Phi) is 3.71. The standard InChI is InChI=1S/C14H16ClN5/c1-2-20-9-17-19-13(20)8-16-7-12-14(15)10-5-3-4-6-11(10)18-12/h3-6,9,16,18H,2,7-8H2,1H3. The molecule has 0 fully saturated rings. The summed E-state index contributed by atoms with van der Waals surface area (Å²) in [6, 6.07) is 8.03. The number of aryl methyl sites for hydroxylation is 1. The van der Waals surface area contributed by atoms with E-state index in [0.717, 1.165) is 34.0 Å². The highest BCUT2D eigenvalue weighted by molar-refractivity contribution is 6.36. The maximum Gasteiger partial charge on any atom is 0.146 e. The predicted octanol–water partition coefficient (Wildman–Crippen LogP) is 2.72. The molecule has 0 aliphatic heterocycles. The minimum atomic E-state index is 0.666. The van der Waals surface area contributed by atoms with Gasteiger partial charge in [0.25, 0.3) is 0 Å². The summed E-state index contributed by atoms with van der Waals surface area (Å²) in [5, 5.41) is 13.2. The van der Waals surface area contributed by atoms with Crippen molar-refractivity contribution in [2.75, 3.05) is 0 Å². The van der Waals surface area contributed by atoms with E-state index >= 15 is 0 Å². The Balaban J connectivity index is 1.70. The van der Waals surface area contributed by atoms with Crippen molar-refractivity contribution in [3.05, 3.63) is 47.1 Å². The van der Waals surface area contributed by atoms with Gasteiger partial charge in [0, 0.05) is 29.7 Å². The first-order valence-electron chi connectivity index (χ1n) is 6.62. The lowest BCUT2D eigenvalue weighted by molar-refractivity contribution is 0.608. The summed E-state index contributed by atoms with van der Waals surface area (Å²) in [5.74, 6) is 0.930. The highest BCUT2D eigenvalue weighted by Gasteiger charge is 2.09.